The van der Waals surface area contributed by atoms with Crippen molar-refractivity contribution in [2.75, 3.05) is 5.32 Å². The normalized spacial score (nSPS) is 9.14. The summed E-state index contributed by atoms with van der Waals surface area (Å²) in [5.41, 5.74) is 5.39. The molecule has 0 aliphatic rings. The van der Waals surface area contributed by atoms with E-state index in [-0.39, 0.29) is 17.5 Å². The number of primary amides is 1. The summed E-state index contributed by atoms with van der Waals surface area (Å²) in [6.07, 6.45) is 2.68. The molecule has 0 aliphatic carbocycles. The zero-order valence-electron chi connectivity index (χ0n) is 7.06. The van der Waals surface area contributed by atoms with E-state index in [9.17, 15) is 14.4 Å². The van der Waals surface area contributed by atoms with Crippen molar-refractivity contribution in [3.63, 3.8) is 0 Å². The predicted octanol–water partition coefficient (Wildman–Crippen LogP) is -0.682. The fraction of sp³-hybridized carbons (Fsp3) is 0. The van der Waals surface area contributed by atoms with Crippen LogP contribution < -0.4 is 11.1 Å². The molecule has 6 nitrogen and oxygen atoms in total. The number of nitrogens with one attached hydrogen (secondary N) is 1. The lowest BCUT2D eigenvalue weighted by Crippen LogP contribution is -2.15. The van der Waals surface area contributed by atoms with Crippen LogP contribution in [0.3, 0.4) is 0 Å². The summed E-state index contributed by atoms with van der Waals surface area (Å²) in [7, 11) is 0. The lowest BCUT2D eigenvalue weighted by Gasteiger charge is -2.01. The molecule has 0 bridgehead atoms. The molecule has 1 aromatic heterocycles. The molecule has 0 spiro atoms. The van der Waals surface area contributed by atoms with Gasteiger partial charge in [0, 0.05) is 6.20 Å². The average Bonchev–Trinajstić information content (AvgIpc) is 2.18. The summed E-state index contributed by atoms with van der Waals surface area (Å²) in [6, 6.07) is 1.33. The van der Waals surface area contributed by atoms with Crippen LogP contribution in [0.2, 0.25) is 0 Å². The van der Waals surface area contributed by atoms with Crippen LogP contribution in [0.4, 0.5) is 5.69 Å². The molecule has 0 saturated carbocycles. The third-order valence-electron chi connectivity index (χ3n) is 1.40. The maximum Gasteiger partial charge on any atom is 0.288 e. The summed E-state index contributed by atoms with van der Waals surface area (Å²) in [5.74, 6) is -1.46. The first-order valence-corrected chi connectivity index (χ1v) is 3.64. The van der Waals surface area contributed by atoms with Crippen LogP contribution in [0.1, 0.15) is 10.4 Å². The second-order valence-corrected chi connectivity index (χ2v) is 2.43. The number of carbonyl (C=O) groups excluding carboxylic acids is 3. The molecule has 2 amide bonds. The van der Waals surface area contributed by atoms with E-state index in [4.69, 9.17) is 5.73 Å². The van der Waals surface area contributed by atoms with Crippen molar-refractivity contribution in [3.05, 3.63) is 24.0 Å². The molecule has 1 aromatic rings. The van der Waals surface area contributed by atoms with Gasteiger partial charge in [-0.05, 0) is 6.07 Å². The molecule has 1 rings (SSSR count). The summed E-state index contributed by atoms with van der Waals surface area (Å²) in [6.45, 7) is 0. The van der Waals surface area contributed by atoms with Gasteiger partial charge in [0.15, 0.2) is 0 Å². The van der Waals surface area contributed by atoms with Crippen LogP contribution in [0.15, 0.2) is 18.5 Å². The van der Waals surface area contributed by atoms with Crippen molar-refractivity contribution >= 4 is 23.8 Å². The van der Waals surface area contributed by atoms with Gasteiger partial charge in [-0.3, -0.25) is 19.4 Å². The molecule has 3 N–H and O–H groups in total. The van der Waals surface area contributed by atoms with Gasteiger partial charge in [-0.25, -0.2) is 0 Å². The SMILES string of the molecule is NC(=O)c1cncc(NC(=O)C=O)c1. The van der Waals surface area contributed by atoms with Crippen LogP contribution >= 0.6 is 0 Å². The number of rotatable bonds is 3. The predicted molar refractivity (Wildman–Crippen MR) is 47.4 cm³/mol. The van der Waals surface area contributed by atoms with E-state index in [1.165, 1.54) is 18.5 Å². The van der Waals surface area contributed by atoms with Gasteiger partial charge >= 0.3 is 0 Å². The number of hydrogen-bond acceptors (Lipinski definition) is 4. The number of aromatic nitrogens is 1. The standard InChI is InChI=1S/C8H7N3O3/c9-8(14)5-1-6(3-10-2-5)11-7(13)4-12/h1-4H,(H2,9,14)(H,11,13). The van der Waals surface area contributed by atoms with Crippen molar-refractivity contribution in [3.8, 4) is 0 Å². The van der Waals surface area contributed by atoms with Crippen LogP contribution in [-0.2, 0) is 9.59 Å². The van der Waals surface area contributed by atoms with Crippen LogP contribution in [0.5, 0.6) is 0 Å². The Hall–Kier alpha value is -2.24. The number of anilines is 1. The molecule has 0 radical (unpaired) electrons. The number of nitrogens with two attached hydrogens (primary N) is 1. The summed E-state index contributed by atoms with van der Waals surface area (Å²) in [4.78, 5) is 35.0. The largest absolute Gasteiger partial charge is 0.366 e. The first-order chi connectivity index (χ1) is 6.63. The molecular formula is C8H7N3O3. The number of aldehydes is 1. The topological polar surface area (TPSA) is 102 Å². The van der Waals surface area contributed by atoms with Crippen molar-refractivity contribution < 1.29 is 14.4 Å². The number of pyridine rings is 1. The number of amides is 2. The molecule has 6 heteroatoms. The zero-order valence-corrected chi connectivity index (χ0v) is 7.06. The Bertz CT molecular complexity index is 389. The van der Waals surface area contributed by atoms with E-state index in [0.29, 0.717) is 0 Å². The fourth-order valence-corrected chi connectivity index (χ4v) is 0.815. The zero-order chi connectivity index (χ0) is 10.6. The Morgan fingerprint density at radius 1 is 1.43 bits per heavy atom. The van der Waals surface area contributed by atoms with Gasteiger partial charge in [0.25, 0.3) is 5.91 Å². The van der Waals surface area contributed by atoms with Crippen LogP contribution in [-0.4, -0.2) is 23.1 Å². The number of hydrogen-bond donors (Lipinski definition) is 2. The van der Waals surface area contributed by atoms with E-state index in [1.54, 1.807) is 0 Å². The van der Waals surface area contributed by atoms with E-state index in [0.717, 1.165) is 0 Å². The molecule has 14 heavy (non-hydrogen) atoms. The minimum Gasteiger partial charge on any atom is -0.366 e. The Kier molecular flexibility index (Phi) is 2.90. The average molecular weight is 193 g/mol. The van der Waals surface area contributed by atoms with Crippen LogP contribution in [0, 0.1) is 0 Å². The molecule has 0 saturated heterocycles. The summed E-state index contributed by atoms with van der Waals surface area (Å²) in [5, 5.41) is 2.21. The third kappa shape index (κ3) is 2.37. The van der Waals surface area contributed by atoms with E-state index in [2.05, 4.69) is 10.3 Å². The van der Waals surface area contributed by atoms with Crippen LogP contribution in [0.25, 0.3) is 0 Å². The first-order valence-electron chi connectivity index (χ1n) is 3.64. The smallest absolute Gasteiger partial charge is 0.288 e. The molecule has 0 atom stereocenters. The monoisotopic (exact) mass is 193 g/mol. The highest BCUT2D eigenvalue weighted by Gasteiger charge is 2.04. The lowest BCUT2D eigenvalue weighted by molar-refractivity contribution is -0.127. The van der Waals surface area contributed by atoms with Gasteiger partial charge in [0.05, 0.1) is 17.4 Å². The first kappa shape index (κ1) is 9.85. The highest BCUT2D eigenvalue weighted by Crippen LogP contribution is 2.06. The molecule has 72 valence electrons. The van der Waals surface area contributed by atoms with Gasteiger partial charge in [-0.1, -0.05) is 0 Å². The van der Waals surface area contributed by atoms with E-state index < -0.39 is 11.8 Å². The second-order valence-electron chi connectivity index (χ2n) is 2.43. The van der Waals surface area contributed by atoms with Crippen molar-refractivity contribution in [2.45, 2.75) is 0 Å². The van der Waals surface area contributed by atoms with Crippen molar-refractivity contribution in [1.82, 2.24) is 4.98 Å². The molecule has 0 fully saturated rings. The molecule has 0 aromatic carbocycles. The highest BCUT2D eigenvalue weighted by atomic mass is 16.2. The maximum absolute atomic E-state index is 10.7. The maximum atomic E-state index is 10.7. The van der Waals surface area contributed by atoms with Gasteiger partial charge in [0.1, 0.15) is 0 Å². The van der Waals surface area contributed by atoms with E-state index >= 15 is 0 Å². The Balaban J connectivity index is 2.88. The van der Waals surface area contributed by atoms with Crippen molar-refractivity contribution in [2.24, 2.45) is 5.73 Å². The molecule has 0 aliphatic heterocycles. The Labute approximate surface area is 79.1 Å². The van der Waals surface area contributed by atoms with Gasteiger partial charge in [0.2, 0.25) is 12.2 Å². The molecular weight excluding hydrogens is 186 g/mol. The van der Waals surface area contributed by atoms with E-state index in [1.807, 2.05) is 0 Å². The molecule has 0 unspecified atom stereocenters. The van der Waals surface area contributed by atoms with Gasteiger partial charge in [-0.2, -0.15) is 0 Å². The number of nitrogens with zero attached hydrogens (tertiary/aromatic N) is 1. The lowest BCUT2D eigenvalue weighted by atomic mass is 10.2. The third-order valence-corrected chi connectivity index (χ3v) is 1.40. The van der Waals surface area contributed by atoms with Crippen molar-refractivity contribution in [1.29, 1.82) is 0 Å². The minimum absolute atomic E-state index is 0.122. The summed E-state index contributed by atoms with van der Waals surface area (Å²) < 4.78 is 0. The Morgan fingerprint density at radius 3 is 2.71 bits per heavy atom. The minimum atomic E-state index is -0.812. The number of carbonyl (C=O) groups is 3. The van der Waals surface area contributed by atoms with Gasteiger partial charge in [-0.15, -0.1) is 0 Å². The Morgan fingerprint density at radius 2 is 2.14 bits per heavy atom. The second kappa shape index (κ2) is 4.13. The molecule has 1 heterocycles. The fourth-order valence-electron chi connectivity index (χ4n) is 0.815. The van der Waals surface area contributed by atoms with Gasteiger partial charge < -0.3 is 11.1 Å². The summed E-state index contributed by atoms with van der Waals surface area (Å²) >= 11 is 0. The highest BCUT2D eigenvalue weighted by molar-refractivity contribution is 6.29. The quantitative estimate of drug-likeness (QED) is 0.490.